The summed E-state index contributed by atoms with van der Waals surface area (Å²) in [4.78, 5) is 21.6. The smallest absolute Gasteiger partial charge is 0.246 e. The summed E-state index contributed by atoms with van der Waals surface area (Å²) in [6.45, 7) is 0.287. The third-order valence-corrected chi connectivity index (χ3v) is 2.14. The third-order valence-electron chi connectivity index (χ3n) is 2.14. The number of ether oxygens (including phenoxy) is 1. The molecule has 2 atom stereocenters. The van der Waals surface area contributed by atoms with Crippen molar-refractivity contribution in [3.63, 3.8) is 0 Å². The zero-order valence-corrected chi connectivity index (χ0v) is 7.86. The number of hydrogen-bond acceptors (Lipinski definition) is 4. The molecule has 0 aromatic carbocycles. The lowest BCUT2D eigenvalue weighted by Gasteiger charge is -2.27. The van der Waals surface area contributed by atoms with E-state index in [9.17, 15) is 9.59 Å². The Morgan fingerprint density at radius 2 is 2.14 bits per heavy atom. The number of carbonyl (C=O) groups excluding carboxylic acids is 2. The minimum atomic E-state index is -0.513. The van der Waals surface area contributed by atoms with Gasteiger partial charge in [0.15, 0.2) is 0 Å². The van der Waals surface area contributed by atoms with Crippen molar-refractivity contribution in [1.29, 1.82) is 0 Å². The van der Waals surface area contributed by atoms with Gasteiger partial charge in [0.1, 0.15) is 6.10 Å². The van der Waals surface area contributed by atoms with Crippen molar-refractivity contribution in [2.45, 2.75) is 25.0 Å². The molecule has 80 valence electrons. The average molecular weight is 201 g/mol. The van der Waals surface area contributed by atoms with Gasteiger partial charge in [-0.1, -0.05) is 0 Å². The topological polar surface area (TPSA) is 107 Å². The summed E-state index contributed by atoms with van der Waals surface area (Å²) in [5.41, 5.74) is 10.2. The van der Waals surface area contributed by atoms with E-state index in [-0.39, 0.29) is 18.5 Å². The molecule has 0 spiro atoms. The Labute approximate surface area is 82.0 Å². The number of nitrogens with one attached hydrogen (secondary N) is 1. The van der Waals surface area contributed by atoms with Crippen molar-refractivity contribution in [3.8, 4) is 0 Å². The number of nitrogens with two attached hydrogens (primary N) is 2. The quantitative estimate of drug-likeness (QED) is 0.495. The maximum atomic E-state index is 10.9. The first-order chi connectivity index (χ1) is 6.63. The summed E-state index contributed by atoms with van der Waals surface area (Å²) in [5.74, 6) is -0.662. The Morgan fingerprint density at radius 3 is 2.57 bits per heavy atom. The molecule has 5 N–H and O–H groups in total. The standard InChI is InChI=1S/C8H15N3O3/c9-3-7(12)11-5-1-2-6(8(10)13)14-4-5/h5-6H,1-4,9H2,(H2,10,13)(H,11,12)/t5-,6+/m1/s1. The fourth-order valence-corrected chi connectivity index (χ4v) is 1.38. The molecule has 1 aliphatic rings. The molecule has 1 rings (SSSR count). The van der Waals surface area contributed by atoms with Gasteiger partial charge < -0.3 is 21.5 Å². The van der Waals surface area contributed by atoms with E-state index in [1.54, 1.807) is 0 Å². The molecular weight excluding hydrogens is 186 g/mol. The van der Waals surface area contributed by atoms with Gasteiger partial charge in [-0.15, -0.1) is 0 Å². The maximum Gasteiger partial charge on any atom is 0.246 e. The van der Waals surface area contributed by atoms with Gasteiger partial charge in [0, 0.05) is 0 Å². The van der Waals surface area contributed by atoms with Crippen LogP contribution in [-0.2, 0) is 14.3 Å². The first kappa shape index (κ1) is 10.9. The Kier molecular flexibility index (Phi) is 3.84. The number of rotatable bonds is 3. The van der Waals surface area contributed by atoms with E-state index in [1.165, 1.54) is 0 Å². The molecule has 0 bridgehead atoms. The molecular formula is C8H15N3O3. The van der Waals surface area contributed by atoms with E-state index in [4.69, 9.17) is 16.2 Å². The van der Waals surface area contributed by atoms with Crippen LogP contribution in [0.1, 0.15) is 12.8 Å². The molecule has 0 saturated carbocycles. The molecule has 2 amide bonds. The fraction of sp³-hybridized carbons (Fsp3) is 0.750. The van der Waals surface area contributed by atoms with Gasteiger partial charge in [0.2, 0.25) is 11.8 Å². The summed E-state index contributed by atoms with van der Waals surface area (Å²) in [7, 11) is 0. The van der Waals surface area contributed by atoms with Crippen molar-refractivity contribution in [1.82, 2.24) is 5.32 Å². The second-order valence-electron chi connectivity index (χ2n) is 3.27. The molecule has 6 heteroatoms. The molecule has 0 aromatic heterocycles. The summed E-state index contributed by atoms with van der Waals surface area (Å²) in [5, 5.41) is 2.69. The monoisotopic (exact) mass is 201 g/mol. The summed E-state index contributed by atoms with van der Waals surface area (Å²) < 4.78 is 5.17. The van der Waals surface area contributed by atoms with Crippen LogP contribution in [-0.4, -0.2) is 37.1 Å². The lowest BCUT2D eigenvalue weighted by atomic mass is 10.0. The van der Waals surface area contributed by atoms with Gasteiger partial charge in [-0.05, 0) is 12.8 Å². The molecule has 0 aliphatic carbocycles. The van der Waals surface area contributed by atoms with Crippen LogP contribution in [0.4, 0.5) is 0 Å². The highest BCUT2D eigenvalue weighted by molar-refractivity contribution is 5.79. The van der Waals surface area contributed by atoms with E-state index in [1.807, 2.05) is 0 Å². The first-order valence-corrected chi connectivity index (χ1v) is 4.54. The summed E-state index contributed by atoms with van der Waals surface area (Å²) in [6, 6.07) is -0.0540. The fourth-order valence-electron chi connectivity index (χ4n) is 1.38. The zero-order chi connectivity index (χ0) is 10.6. The van der Waals surface area contributed by atoms with E-state index < -0.39 is 12.0 Å². The molecule has 1 saturated heterocycles. The second-order valence-corrected chi connectivity index (χ2v) is 3.27. The van der Waals surface area contributed by atoms with E-state index >= 15 is 0 Å². The van der Waals surface area contributed by atoms with E-state index in [0.29, 0.717) is 19.4 Å². The van der Waals surface area contributed by atoms with Gasteiger partial charge in [0.25, 0.3) is 0 Å². The van der Waals surface area contributed by atoms with Crippen molar-refractivity contribution >= 4 is 11.8 Å². The van der Waals surface area contributed by atoms with Gasteiger partial charge in [-0.2, -0.15) is 0 Å². The number of primary amides is 1. The molecule has 1 heterocycles. The van der Waals surface area contributed by atoms with Crippen molar-refractivity contribution in [2.75, 3.05) is 13.2 Å². The molecule has 1 aliphatic heterocycles. The third kappa shape index (κ3) is 2.97. The Morgan fingerprint density at radius 1 is 1.43 bits per heavy atom. The van der Waals surface area contributed by atoms with Crippen LogP contribution < -0.4 is 16.8 Å². The molecule has 0 aromatic rings. The molecule has 1 fully saturated rings. The second kappa shape index (κ2) is 4.92. The molecule has 0 radical (unpaired) electrons. The Balaban J connectivity index is 2.29. The van der Waals surface area contributed by atoms with Crippen molar-refractivity contribution in [2.24, 2.45) is 11.5 Å². The van der Waals surface area contributed by atoms with Crippen molar-refractivity contribution in [3.05, 3.63) is 0 Å². The van der Waals surface area contributed by atoms with Crippen LogP contribution in [0.25, 0.3) is 0 Å². The predicted octanol–water partition coefficient (Wildman–Crippen LogP) is -1.91. The van der Waals surface area contributed by atoms with Crippen LogP contribution in [0.5, 0.6) is 0 Å². The van der Waals surface area contributed by atoms with Crippen LogP contribution >= 0.6 is 0 Å². The number of hydrogen-bond donors (Lipinski definition) is 3. The molecule has 14 heavy (non-hydrogen) atoms. The highest BCUT2D eigenvalue weighted by Gasteiger charge is 2.25. The average Bonchev–Trinajstić information content (AvgIpc) is 2.18. The van der Waals surface area contributed by atoms with Crippen LogP contribution in [0.2, 0.25) is 0 Å². The van der Waals surface area contributed by atoms with Gasteiger partial charge >= 0.3 is 0 Å². The van der Waals surface area contributed by atoms with Crippen LogP contribution in [0.15, 0.2) is 0 Å². The summed E-state index contributed by atoms with van der Waals surface area (Å²) >= 11 is 0. The molecule has 6 nitrogen and oxygen atoms in total. The highest BCUT2D eigenvalue weighted by Crippen LogP contribution is 2.12. The van der Waals surface area contributed by atoms with Crippen LogP contribution in [0.3, 0.4) is 0 Å². The van der Waals surface area contributed by atoms with Crippen molar-refractivity contribution < 1.29 is 14.3 Å². The Bertz CT molecular complexity index is 224. The van der Waals surface area contributed by atoms with Crippen LogP contribution in [0, 0.1) is 0 Å². The number of carbonyl (C=O) groups is 2. The largest absolute Gasteiger partial charge is 0.367 e. The normalized spacial score (nSPS) is 26.9. The summed E-state index contributed by atoms with van der Waals surface area (Å²) in [6.07, 6.45) is 0.727. The minimum absolute atomic E-state index is 0.0320. The van der Waals surface area contributed by atoms with Gasteiger partial charge in [-0.3, -0.25) is 9.59 Å². The van der Waals surface area contributed by atoms with E-state index in [2.05, 4.69) is 5.32 Å². The molecule has 0 unspecified atom stereocenters. The predicted molar refractivity (Wildman–Crippen MR) is 49.2 cm³/mol. The first-order valence-electron chi connectivity index (χ1n) is 4.54. The number of amides is 2. The van der Waals surface area contributed by atoms with E-state index in [0.717, 1.165) is 0 Å². The lowest BCUT2D eigenvalue weighted by Crippen LogP contribution is -2.47. The maximum absolute atomic E-state index is 10.9. The SMILES string of the molecule is NCC(=O)N[C@@H]1CC[C@@H](C(N)=O)OC1. The van der Waals surface area contributed by atoms with Gasteiger partial charge in [0.05, 0.1) is 19.2 Å². The Hall–Kier alpha value is -1.14. The lowest BCUT2D eigenvalue weighted by molar-refractivity contribution is -0.133. The minimum Gasteiger partial charge on any atom is -0.367 e. The van der Waals surface area contributed by atoms with Gasteiger partial charge in [-0.25, -0.2) is 0 Å². The zero-order valence-electron chi connectivity index (χ0n) is 7.86. The highest BCUT2D eigenvalue weighted by atomic mass is 16.5.